The number of nitrogens with zero attached hydrogens (tertiary/aromatic N) is 1. The molecule has 0 spiro atoms. The van der Waals surface area contributed by atoms with Crippen molar-refractivity contribution in [1.29, 1.82) is 0 Å². The van der Waals surface area contributed by atoms with Gasteiger partial charge in [0, 0.05) is 18.1 Å². The molecule has 1 rings (SSSR count). The second-order valence-electron chi connectivity index (χ2n) is 2.02. The predicted octanol–water partition coefficient (Wildman–Crippen LogP) is 1.19. The van der Waals surface area contributed by atoms with Gasteiger partial charge in [-0.3, -0.25) is 10.1 Å². The first kappa shape index (κ1) is 8.16. The third kappa shape index (κ3) is 1.99. The van der Waals surface area contributed by atoms with Crippen LogP contribution in [0.15, 0.2) is 11.4 Å². The monoisotopic (exact) mass is 173 g/mol. The Kier molecular flexibility index (Phi) is 2.56. The van der Waals surface area contributed by atoms with E-state index in [1.54, 1.807) is 5.38 Å². The van der Waals surface area contributed by atoms with Crippen LogP contribution < -0.4 is 0 Å². The van der Waals surface area contributed by atoms with Crippen molar-refractivity contribution in [2.75, 3.05) is 6.61 Å². The molecule has 1 aromatic rings. The first-order valence-corrected chi connectivity index (χ1v) is 3.94. The van der Waals surface area contributed by atoms with Gasteiger partial charge in [-0.05, 0) is 12.0 Å². The maximum Gasteiger partial charge on any atom is 0.324 e. The van der Waals surface area contributed by atoms with Crippen molar-refractivity contribution in [3.63, 3.8) is 0 Å². The quantitative estimate of drug-likeness (QED) is 0.551. The molecule has 0 saturated carbocycles. The van der Waals surface area contributed by atoms with E-state index in [0.29, 0.717) is 6.42 Å². The van der Waals surface area contributed by atoms with Crippen LogP contribution in [0.25, 0.3) is 0 Å². The second-order valence-corrected chi connectivity index (χ2v) is 2.91. The minimum atomic E-state index is -0.425. The van der Waals surface area contributed by atoms with Crippen molar-refractivity contribution in [2.45, 2.75) is 6.42 Å². The van der Waals surface area contributed by atoms with E-state index >= 15 is 0 Å². The van der Waals surface area contributed by atoms with Crippen LogP contribution in [0, 0.1) is 10.1 Å². The standard InChI is InChI=1S/C6H7NO3S/c8-2-1-5-3-6(7(9)10)11-4-5/h3-4,8H,1-2H2. The van der Waals surface area contributed by atoms with Crippen molar-refractivity contribution >= 4 is 16.3 Å². The normalized spacial score (nSPS) is 9.91. The lowest BCUT2D eigenvalue weighted by atomic mass is 10.2. The molecule has 5 heteroatoms. The van der Waals surface area contributed by atoms with Gasteiger partial charge in [0.15, 0.2) is 0 Å². The summed E-state index contributed by atoms with van der Waals surface area (Å²) in [6.45, 7) is 0.0356. The van der Waals surface area contributed by atoms with Crippen LogP contribution in [-0.4, -0.2) is 16.6 Å². The molecule has 0 radical (unpaired) electrons. The van der Waals surface area contributed by atoms with E-state index in [1.807, 2.05) is 0 Å². The SMILES string of the molecule is O=[N+]([O-])c1cc(CCO)cs1. The molecule has 0 amide bonds. The number of rotatable bonds is 3. The Bertz CT molecular complexity index is 258. The van der Waals surface area contributed by atoms with Gasteiger partial charge in [-0.25, -0.2) is 0 Å². The third-order valence-electron chi connectivity index (χ3n) is 1.22. The zero-order valence-corrected chi connectivity index (χ0v) is 6.50. The van der Waals surface area contributed by atoms with Gasteiger partial charge in [0.2, 0.25) is 0 Å². The van der Waals surface area contributed by atoms with Gasteiger partial charge in [-0.2, -0.15) is 0 Å². The van der Waals surface area contributed by atoms with E-state index in [-0.39, 0.29) is 11.6 Å². The van der Waals surface area contributed by atoms with Crippen molar-refractivity contribution in [3.05, 3.63) is 27.1 Å². The summed E-state index contributed by atoms with van der Waals surface area (Å²) < 4.78 is 0. The van der Waals surface area contributed by atoms with Gasteiger partial charge in [0.05, 0.1) is 4.92 Å². The van der Waals surface area contributed by atoms with E-state index in [1.165, 1.54) is 6.07 Å². The first-order chi connectivity index (χ1) is 5.24. The molecule has 0 unspecified atom stereocenters. The molecule has 11 heavy (non-hydrogen) atoms. The van der Waals surface area contributed by atoms with Gasteiger partial charge in [0.25, 0.3) is 0 Å². The largest absolute Gasteiger partial charge is 0.396 e. The van der Waals surface area contributed by atoms with Gasteiger partial charge in [-0.1, -0.05) is 11.3 Å². The lowest BCUT2D eigenvalue weighted by Gasteiger charge is -1.86. The molecule has 0 aliphatic rings. The van der Waals surface area contributed by atoms with Crippen LogP contribution in [-0.2, 0) is 6.42 Å². The number of thiophene rings is 1. The summed E-state index contributed by atoms with van der Waals surface area (Å²) in [7, 11) is 0. The summed E-state index contributed by atoms with van der Waals surface area (Å²) in [5.41, 5.74) is 0.823. The van der Waals surface area contributed by atoms with Gasteiger partial charge < -0.3 is 5.11 Å². The lowest BCUT2D eigenvalue weighted by Crippen LogP contribution is -1.87. The van der Waals surface area contributed by atoms with E-state index in [0.717, 1.165) is 16.9 Å². The van der Waals surface area contributed by atoms with Crippen LogP contribution in [0.4, 0.5) is 5.00 Å². The Hall–Kier alpha value is -0.940. The number of aliphatic hydroxyl groups excluding tert-OH is 1. The molecule has 1 aromatic heterocycles. The Morgan fingerprint density at radius 3 is 2.91 bits per heavy atom. The summed E-state index contributed by atoms with van der Waals surface area (Å²) in [4.78, 5) is 9.75. The van der Waals surface area contributed by atoms with Crippen LogP contribution in [0.2, 0.25) is 0 Å². The third-order valence-corrected chi connectivity index (χ3v) is 2.15. The minimum Gasteiger partial charge on any atom is -0.396 e. The Morgan fingerprint density at radius 2 is 2.45 bits per heavy atom. The number of hydrogen-bond donors (Lipinski definition) is 1. The summed E-state index contributed by atoms with van der Waals surface area (Å²) in [5, 5.41) is 20.5. The Labute approximate surface area is 67.2 Å². The van der Waals surface area contributed by atoms with E-state index < -0.39 is 4.92 Å². The summed E-state index contributed by atoms with van der Waals surface area (Å²) in [6.07, 6.45) is 0.490. The number of aliphatic hydroxyl groups is 1. The van der Waals surface area contributed by atoms with Gasteiger partial charge in [0.1, 0.15) is 0 Å². The minimum absolute atomic E-state index is 0.0356. The molecule has 0 aliphatic heterocycles. The average molecular weight is 173 g/mol. The van der Waals surface area contributed by atoms with Crippen molar-refractivity contribution in [3.8, 4) is 0 Å². The summed E-state index contributed by atoms with van der Waals surface area (Å²) in [5.74, 6) is 0. The molecule has 1 N–H and O–H groups in total. The van der Waals surface area contributed by atoms with Crippen molar-refractivity contribution in [2.24, 2.45) is 0 Å². The van der Waals surface area contributed by atoms with Gasteiger partial charge in [-0.15, -0.1) is 0 Å². The molecule has 4 nitrogen and oxygen atoms in total. The van der Waals surface area contributed by atoms with Crippen molar-refractivity contribution in [1.82, 2.24) is 0 Å². The molecular formula is C6H7NO3S. The van der Waals surface area contributed by atoms with Crippen LogP contribution >= 0.6 is 11.3 Å². The predicted molar refractivity (Wildman–Crippen MR) is 41.8 cm³/mol. The first-order valence-electron chi connectivity index (χ1n) is 3.06. The van der Waals surface area contributed by atoms with Crippen LogP contribution in [0.5, 0.6) is 0 Å². The molecule has 0 fully saturated rings. The fourth-order valence-electron chi connectivity index (χ4n) is 0.719. The maximum atomic E-state index is 10.2. The highest BCUT2D eigenvalue weighted by Gasteiger charge is 2.08. The fraction of sp³-hybridized carbons (Fsp3) is 0.333. The summed E-state index contributed by atoms with van der Waals surface area (Å²) >= 11 is 1.09. The van der Waals surface area contributed by atoms with E-state index in [4.69, 9.17) is 5.11 Å². The van der Waals surface area contributed by atoms with E-state index in [9.17, 15) is 10.1 Å². The second kappa shape index (κ2) is 3.45. The molecule has 0 bridgehead atoms. The van der Waals surface area contributed by atoms with Gasteiger partial charge >= 0.3 is 5.00 Å². The van der Waals surface area contributed by atoms with Crippen molar-refractivity contribution < 1.29 is 10.0 Å². The highest BCUT2D eigenvalue weighted by Crippen LogP contribution is 2.22. The topological polar surface area (TPSA) is 63.4 Å². The fourth-order valence-corrected chi connectivity index (χ4v) is 1.48. The molecule has 1 heterocycles. The van der Waals surface area contributed by atoms with Crippen LogP contribution in [0.1, 0.15) is 5.56 Å². The molecule has 0 atom stereocenters. The summed E-state index contributed by atoms with van der Waals surface area (Å²) in [6, 6.07) is 1.49. The number of nitro groups is 1. The number of hydrogen-bond acceptors (Lipinski definition) is 4. The molecule has 0 saturated heterocycles. The zero-order valence-electron chi connectivity index (χ0n) is 5.69. The Morgan fingerprint density at radius 1 is 1.73 bits per heavy atom. The lowest BCUT2D eigenvalue weighted by molar-refractivity contribution is -0.380. The smallest absolute Gasteiger partial charge is 0.324 e. The Balaban J connectivity index is 2.73. The maximum absolute atomic E-state index is 10.2. The zero-order chi connectivity index (χ0) is 8.27. The molecule has 0 aromatic carbocycles. The highest BCUT2D eigenvalue weighted by atomic mass is 32.1. The highest BCUT2D eigenvalue weighted by molar-refractivity contribution is 7.13. The van der Waals surface area contributed by atoms with Crippen LogP contribution in [0.3, 0.4) is 0 Å². The average Bonchev–Trinajstić information content (AvgIpc) is 2.37. The molecule has 0 aliphatic carbocycles. The van der Waals surface area contributed by atoms with E-state index in [2.05, 4.69) is 0 Å². The molecular weight excluding hydrogens is 166 g/mol. The molecule has 60 valence electrons.